The average Bonchev–Trinajstić information content (AvgIpc) is 3.01. The van der Waals surface area contributed by atoms with Gasteiger partial charge in [0.25, 0.3) is 5.91 Å². The molecule has 0 aliphatic rings. The Morgan fingerprint density at radius 2 is 2.04 bits per heavy atom. The summed E-state index contributed by atoms with van der Waals surface area (Å²) in [5, 5.41) is 5.46. The molecule has 0 saturated carbocycles. The zero-order valence-corrected chi connectivity index (χ0v) is 13.6. The van der Waals surface area contributed by atoms with E-state index in [2.05, 4.69) is 20.6 Å². The number of nitrogens with zero attached hydrogens (tertiary/aromatic N) is 1. The summed E-state index contributed by atoms with van der Waals surface area (Å²) >= 11 is 0. The molecule has 7 heteroatoms. The quantitative estimate of drug-likeness (QED) is 0.667. The molecule has 1 aromatic heterocycles. The van der Waals surface area contributed by atoms with Crippen molar-refractivity contribution in [2.45, 2.75) is 19.9 Å². The van der Waals surface area contributed by atoms with Crippen molar-refractivity contribution < 1.29 is 14.0 Å². The topological polar surface area (TPSA) is 86.9 Å². The van der Waals surface area contributed by atoms with E-state index in [9.17, 15) is 14.0 Å². The molecule has 0 unspecified atom stereocenters. The highest BCUT2D eigenvalue weighted by molar-refractivity contribution is 5.97. The van der Waals surface area contributed by atoms with Crippen LogP contribution in [0.3, 0.4) is 0 Å². The number of hydrogen-bond donors (Lipinski definition) is 3. The van der Waals surface area contributed by atoms with Gasteiger partial charge in [0.2, 0.25) is 5.91 Å². The summed E-state index contributed by atoms with van der Waals surface area (Å²) in [6.07, 6.45) is 0.364. The Morgan fingerprint density at radius 1 is 1.20 bits per heavy atom. The number of nitrogens with one attached hydrogen (secondary N) is 3. The molecular weight excluding hydrogens is 323 g/mol. The summed E-state index contributed by atoms with van der Waals surface area (Å²) in [6.45, 7) is 1.94. The molecule has 0 atom stereocenters. The highest BCUT2D eigenvalue weighted by atomic mass is 19.1. The summed E-state index contributed by atoms with van der Waals surface area (Å²) in [4.78, 5) is 31.0. The fourth-order valence-corrected chi connectivity index (χ4v) is 2.37. The predicted octanol–water partition coefficient (Wildman–Crippen LogP) is 2.98. The van der Waals surface area contributed by atoms with Crippen LogP contribution in [-0.2, 0) is 11.3 Å². The van der Waals surface area contributed by atoms with Crippen molar-refractivity contribution in [2.24, 2.45) is 0 Å². The second-order valence-electron chi connectivity index (χ2n) is 5.51. The third-order valence-electron chi connectivity index (χ3n) is 3.64. The molecular formula is C18H17FN4O2. The van der Waals surface area contributed by atoms with E-state index in [0.717, 1.165) is 0 Å². The molecule has 0 radical (unpaired) electrons. The number of imidazole rings is 1. The Balaban J connectivity index is 1.67. The average molecular weight is 340 g/mol. The number of rotatable bonds is 5. The van der Waals surface area contributed by atoms with Crippen molar-refractivity contribution >= 4 is 28.5 Å². The van der Waals surface area contributed by atoms with Crippen LogP contribution in [-0.4, -0.2) is 21.8 Å². The van der Waals surface area contributed by atoms with Crippen molar-refractivity contribution in [1.82, 2.24) is 15.3 Å². The first-order valence-electron chi connectivity index (χ1n) is 7.87. The van der Waals surface area contributed by atoms with Gasteiger partial charge in [-0.2, -0.15) is 0 Å². The lowest BCUT2D eigenvalue weighted by Crippen LogP contribution is -2.23. The Labute approximate surface area is 143 Å². The second kappa shape index (κ2) is 7.12. The second-order valence-corrected chi connectivity index (χ2v) is 5.51. The molecule has 3 aromatic rings. The lowest BCUT2D eigenvalue weighted by atomic mass is 10.2. The third-order valence-corrected chi connectivity index (χ3v) is 3.64. The predicted molar refractivity (Wildman–Crippen MR) is 92.6 cm³/mol. The molecule has 2 amide bonds. The van der Waals surface area contributed by atoms with E-state index < -0.39 is 0 Å². The van der Waals surface area contributed by atoms with Crippen molar-refractivity contribution in [1.29, 1.82) is 0 Å². The van der Waals surface area contributed by atoms with Crippen LogP contribution >= 0.6 is 0 Å². The number of carbonyl (C=O) groups excluding carboxylic acids is 2. The standard InChI is InChI=1S/C18H17FN4O2/c1-2-17(24)21-13-5-3-4-11(8-13)18(25)20-10-16-22-14-7-6-12(19)9-15(14)23-16/h3-9H,2,10H2,1H3,(H,20,25)(H,21,24)(H,22,23). The Hall–Kier alpha value is -3.22. The van der Waals surface area contributed by atoms with E-state index >= 15 is 0 Å². The SMILES string of the molecule is CCC(=O)Nc1cccc(C(=O)NCc2nc3ccc(F)cc3[nH]2)c1. The zero-order valence-electron chi connectivity index (χ0n) is 13.6. The molecule has 128 valence electrons. The molecule has 0 saturated heterocycles. The molecule has 0 bridgehead atoms. The van der Waals surface area contributed by atoms with Crippen LogP contribution in [0.1, 0.15) is 29.5 Å². The minimum atomic E-state index is -0.349. The molecule has 0 spiro atoms. The van der Waals surface area contributed by atoms with Gasteiger partial charge < -0.3 is 15.6 Å². The zero-order chi connectivity index (χ0) is 17.8. The molecule has 6 nitrogen and oxygen atoms in total. The van der Waals surface area contributed by atoms with Crippen LogP contribution in [0.4, 0.5) is 10.1 Å². The number of carbonyl (C=O) groups is 2. The lowest BCUT2D eigenvalue weighted by molar-refractivity contribution is -0.115. The van der Waals surface area contributed by atoms with Crippen LogP contribution in [0.2, 0.25) is 0 Å². The van der Waals surface area contributed by atoms with Crippen molar-refractivity contribution in [3.05, 3.63) is 59.7 Å². The number of aromatic nitrogens is 2. The smallest absolute Gasteiger partial charge is 0.251 e. The monoisotopic (exact) mass is 340 g/mol. The van der Waals surface area contributed by atoms with E-state index in [0.29, 0.717) is 34.5 Å². The van der Waals surface area contributed by atoms with E-state index in [1.54, 1.807) is 37.3 Å². The molecule has 25 heavy (non-hydrogen) atoms. The number of benzene rings is 2. The maximum absolute atomic E-state index is 13.2. The summed E-state index contributed by atoms with van der Waals surface area (Å²) in [6, 6.07) is 11.0. The third kappa shape index (κ3) is 4.00. The molecule has 0 aliphatic carbocycles. The number of halogens is 1. The van der Waals surface area contributed by atoms with Gasteiger partial charge in [-0.15, -0.1) is 0 Å². The number of anilines is 1. The minimum absolute atomic E-state index is 0.118. The fraction of sp³-hybridized carbons (Fsp3) is 0.167. The van der Waals surface area contributed by atoms with Gasteiger partial charge in [-0.3, -0.25) is 9.59 Å². The molecule has 1 heterocycles. The number of amides is 2. The highest BCUT2D eigenvalue weighted by Gasteiger charge is 2.09. The Bertz CT molecular complexity index is 936. The van der Waals surface area contributed by atoms with Gasteiger partial charge >= 0.3 is 0 Å². The van der Waals surface area contributed by atoms with E-state index in [4.69, 9.17) is 0 Å². The van der Waals surface area contributed by atoms with E-state index in [1.165, 1.54) is 12.1 Å². The number of H-pyrrole nitrogens is 1. The largest absolute Gasteiger partial charge is 0.345 e. The molecule has 2 aromatic carbocycles. The van der Waals surface area contributed by atoms with Gasteiger partial charge in [-0.05, 0) is 36.4 Å². The number of hydrogen-bond acceptors (Lipinski definition) is 3. The van der Waals surface area contributed by atoms with Crippen LogP contribution in [0, 0.1) is 5.82 Å². The maximum atomic E-state index is 13.2. The first-order chi connectivity index (χ1) is 12.0. The lowest BCUT2D eigenvalue weighted by Gasteiger charge is -2.07. The van der Waals surface area contributed by atoms with Gasteiger partial charge in [0.1, 0.15) is 11.6 Å². The van der Waals surface area contributed by atoms with Gasteiger partial charge in [-0.25, -0.2) is 9.37 Å². The molecule has 0 aliphatic heterocycles. The van der Waals surface area contributed by atoms with Crippen LogP contribution < -0.4 is 10.6 Å². The minimum Gasteiger partial charge on any atom is -0.345 e. The summed E-state index contributed by atoms with van der Waals surface area (Å²) in [7, 11) is 0. The molecule has 0 fully saturated rings. The van der Waals surface area contributed by atoms with Gasteiger partial charge in [0.15, 0.2) is 0 Å². The molecule has 3 rings (SSSR count). The first-order valence-corrected chi connectivity index (χ1v) is 7.87. The summed E-state index contributed by atoms with van der Waals surface area (Å²) in [5.41, 5.74) is 2.21. The maximum Gasteiger partial charge on any atom is 0.251 e. The van der Waals surface area contributed by atoms with E-state index in [1.807, 2.05) is 0 Å². The normalized spacial score (nSPS) is 10.6. The van der Waals surface area contributed by atoms with Gasteiger partial charge in [-0.1, -0.05) is 13.0 Å². The van der Waals surface area contributed by atoms with Crippen LogP contribution in [0.5, 0.6) is 0 Å². The summed E-state index contributed by atoms with van der Waals surface area (Å²) < 4.78 is 13.2. The van der Waals surface area contributed by atoms with Gasteiger partial charge in [0.05, 0.1) is 17.6 Å². The highest BCUT2D eigenvalue weighted by Crippen LogP contribution is 2.14. The van der Waals surface area contributed by atoms with Crippen molar-refractivity contribution in [3.8, 4) is 0 Å². The van der Waals surface area contributed by atoms with Gasteiger partial charge in [0, 0.05) is 17.7 Å². The molecule has 3 N–H and O–H groups in total. The first kappa shape index (κ1) is 16.6. The fourth-order valence-electron chi connectivity index (χ4n) is 2.37. The van der Waals surface area contributed by atoms with Crippen LogP contribution in [0.25, 0.3) is 11.0 Å². The number of fused-ring (bicyclic) bond motifs is 1. The van der Waals surface area contributed by atoms with E-state index in [-0.39, 0.29) is 24.2 Å². The summed E-state index contributed by atoms with van der Waals surface area (Å²) in [5.74, 6) is -0.228. The van der Waals surface area contributed by atoms with Crippen molar-refractivity contribution in [3.63, 3.8) is 0 Å². The number of aromatic amines is 1. The van der Waals surface area contributed by atoms with Crippen molar-refractivity contribution in [2.75, 3.05) is 5.32 Å². The Kier molecular flexibility index (Phi) is 4.74. The Morgan fingerprint density at radius 3 is 2.84 bits per heavy atom. The van der Waals surface area contributed by atoms with Crippen LogP contribution in [0.15, 0.2) is 42.5 Å².